The molecule has 1 aromatic heterocycles. The van der Waals surface area contributed by atoms with Crippen molar-refractivity contribution in [2.75, 3.05) is 35.9 Å². The number of hydrogen-bond donors (Lipinski definition) is 1. The minimum atomic E-state index is -3.85. The van der Waals surface area contributed by atoms with E-state index < -0.39 is 15.8 Å². The van der Waals surface area contributed by atoms with Gasteiger partial charge in [-0.1, -0.05) is 0 Å². The Morgan fingerprint density at radius 2 is 1.92 bits per heavy atom. The SMILES string of the molecule is Cc1cc(F)ccc1S(=O)(=O)Nc1ccc(N2CCOCC2)nn1. The second-order valence-electron chi connectivity index (χ2n) is 5.39. The molecule has 0 unspecified atom stereocenters. The average Bonchev–Trinajstić information content (AvgIpc) is 2.55. The molecule has 2 heterocycles. The molecule has 0 spiro atoms. The molecule has 0 saturated carbocycles. The quantitative estimate of drug-likeness (QED) is 0.899. The van der Waals surface area contributed by atoms with Crippen LogP contribution in [0, 0.1) is 12.7 Å². The number of ether oxygens (including phenoxy) is 1. The predicted octanol–water partition coefficient (Wildman–Crippen LogP) is 1.56. The number of anilines is 2. The van der Waals surface area contributed by atoms with E-state index in [2.05, 4.69) is 14.9 Å². The highest BCUT2D eigenvalue weighted by atomic mass is 32.2. The zero-order valence-corrected chi connectivity index (χ0v) is 13.9. The summed E-state index contributed by atoms with van der Waals surface area (Å²) in [5, 5.41) is 7.97. The zero-order valence-electron chi connectivity index (χ0n) is 13.1. The number of sulfonamides is 1. The molecule has 24 heavy (non-hydrogen) atoms. The maximum atomic E-state index is 13.1. The molecule has 1 fully saturated rings. The molecule has 128 valence electrons. The lowest BCUT2D eigenvalue weighted by Crippen LogP contribution is -2.36. The Kier molecular flexibility index (Phi) is 4.63. The fraction of sp³-hybridized carbons (Fsp3) is 0.333. The van der Waals surface area contributed by atoms with Gasteiger partial charge < -0.3 is 9.64 Å². The summed E-state index contributed by atoms with van der Waals surface area (Å²) < 4.78 is 45.5. The molecule has 1 aliphatic rings. The summed E-state index contributed by atoms with van der Waals surface area (Å²) in [6, 6.07) is 6.75. The van der Waals surface area contributed by atoms with Crippen molar-refractivity contribution >= 4 is 21.7 Å². The highest BCUT2D eigenvalue weighted by Crippen LogP contribution is 2.20. The summed E-state index contributed by atoms with van der Waals surface area (Å²) in [7, 11) is -3.85. The highest BCUT2D eigenvalue weighted by Gasteiger charge is 2.19. The van der Waals surface area contributed by atoms with Gasteiger partial charge in [-0.3, -0.25) is 4.72 Å². The van der Waals surface area contributed by atoms with Gasteiger partial charge in [-0.05, 0) is 42.8 Å². The summed E-state index contributed by atoms with van der Waals surface area (Å²) in [6.07, 6.45) is 0. The van der Waals surface area contributed by atoms with Crippen molar-refractivity contribution in [1.29, 1.82) is 0 Å². The molecule has 0 aliphatic carbocycles. The third-order valence-electron chi connectivity index (χ3n) is 3.65. The maximum Gasteiger partial charge on any atom is 0.263 e. The molecular formula is C15H17FN4O3S. The smallest absolute Gasteiger partial charge is 0.263 e. The number of halogens is 1. The Morgan fingerprint density at radius 3 is 2.54 bits per heavy atom. The van der Waals surface area contributed by atoms with Gasteiger partial charge in [0, 0.05) is 13.1 Å². The summed E-state index contributed by atoms with van der Waals surface area (Å²) >= 11 is 0. The van der Waals surface area contributed by atoms with Gasteiger partial charge >= 0.3 is 0 Å². The monoisotopic (exact) mass is 352 g/mol. The van der Waals surface area contributed by atoms with E-state index in [0.29, 0.717) is 37.7 Å². The first kappa shape index (κ1) is 16.6. The molecule has 1 N–H and O–H groups in total. The van der Waals surface area contributed by atoms with Gasteiger partial charge in [0.15, 0.2) is 11.6 Å². The molecule has 0 amide bonds. The zero-order chi connectivity index (χ0) is 17.2. The number of rotatable bonds is 4. The van der Waals surface area contributed by atoms with Crippen molar-refractivity contribution < 1.29 is 17.5 Å². The van der Waals surface area contributed by atoms with Gasteiger partial charge in [0.2, 0.25) is 0 Å². The van der Waals surface area contributed by atoms with Crippen molar-refractivity contribution in [2.45, 2.75) is 11.8 Å². The van der Waals surface area contributed by atoms with Crippen LogP contribution in [0.15, 0.2) is 35.2 Å². The number of nitrogens with zero attached hydrogens (tertiary/aromatic N) is 3. The van der Waals surface area contributed by atoms with Crippen LogP contribution in [0.4, 0.5) is 16.0 Å². The Morgan fingerprint density at radius 1 is 1.17 bits per heavy atom. The molecule has 1 aliphatic heterocycles. The van der Waals surface area contributed by atoms with Crippen molar-refractivity contribution in [3.63, 3.8) is 0 Å². The van der Waals surface area contributed by atoms with E-state index in [0.717, 1.165) is 6.07 Å². The van der Waals surface area contributed by atoms with E-state index in [9.17, 15) is 12.8 Å². The molecule has 1 aromatic carbocycles. The fourth-order valence-corrected chi connectivity index (χ4v) is 3.67. The summed E-state index contributed by atoms with van der Waals surface area (Å²) in [4.78, 5) is 2.02. The molecule has 0 bridgehead atoms. The minimum absolute atomic E-state index is 0.00274. The van der Waals surface area contributed by atoms with Crippen LogP contribution < -0.4 is 9.62 Å². The van der Waals surface area contributed by atoms with Crippen LogP contribution in [-0.4, -0.2) is 44.9 Å². The maximum absolute atomic E-state index is 13.1. The van der Waals surface area contributed by atoms with Gasteiger partial charge in [-0.2, -0.15) is 0 Å². The molecule has 0 radical (unpaired) electrons. The minimum Gasteiger partial charge on any atom is -0.378 e. The Bertz CT molecular complexity index is 821. The van der Waals surface area contributed by atoms with Crippen molar-refractivity contribution in [2.24, 2.45) is 0 Å². The van der Waals surface area contributed by atoms with E-state index in [1.165, 1.54) is 19.1 Å². The molecule has 3 rings (SSSR count). The van der Waals surface area contributed by atoms with Crippen molar-refractivity contribution in [1.82, 2.24) is 10.2 Å². The molecule has 7 nitrogen and oxygen atoms in total. The Hall–Kier alpha value is -2.26. The topological polar surface area (TPSA) is 84.4 Å². The third-order valence-corrected chi connectivity index (χ3v) is 5.17. The third kappa shape index (κ3) is 3.62. The van der Waals surface area contributed by atoms with Crippen LogP contribution in [0.2, 0.25) is 0 Å². The van der Waals surface area contributed by atoms with Crippen LogP contribution >= 0.6 is 0 Å². The standard InChI is InChI=1S/C15H17FN4O3S/c1-11-10-12(16)2-3-13(11)24(21,22)19-14-4-5-15(18-17-14)20-6-8-23-9-7-20/h2-5,10H,6-9H2,1H3,(H,17,19). The number of morpholine rings is 1. The molecule has 1 saturated heterocycles. The number of nitrogens with one attached hydrogen (secondary N) is 1. The van der Waals surface area contributed by atoms with Gasteiger partial charge in [-0.15, -0.1) is 10.2 Å². The molecule has 9 heteroatoms. The van der Waals surface area contributed by atoms with Crippen LogP contribution in [0.3, 0.4) is 0 Å². The summed E-state index contributed by atoms with van der Waals surface area (Å²) in [5.74, 6) is 0.288. The number of aromatic nitrogens is 2. The largest absolute Gasteiger partial charge is 0.378 e. The van der Waals surface area contributed by atoms with E-state index in [-0.39, 0.29) is 10.7 Å². The van der Waals surface area contributed by atoms with Crippen molar-refractivity contribution in [3.8, 4) is 0 Å². The van der Waals surface area contributed by atoms with E-state index >= 15 is 0 Å². The van der Waals surface area contributed by atoms with Crippen LogP contribution in [0.5, 0.6) is 0 Å². The van der Waals surface area contributed by atoms with E-state index in [1.807, 2.05) is 4.90 Å². The second kappa shape index (κ2) is 6.70. The summed E-state index contributed by atoms with van der Waals surface area (Å²) in [6.45, 7) is 4.22. The molecule has 0 atom stereocenters. The van der Waals surface area contributed by atoms with Gasteiger partial charge in [0.25, 0.3) is 10.0 Å². The second-order valence-corrected chi connectivity index (χ2v) is 7.04. The van der Waals surface area contributed by atoms with Gasteiger partial charge in [-0.25, -0.2) is 12.8 Å². The van der Waals surface area contributed by atoms with Crippen LogP contribution in [0.1, 0.15) is 5.56 Å². The van der Waals surface area contributed by atoms with Crippen LogP contribution in [-0.2, 0) is 14.8 Å². The molecule has 2 aromatic rings. The first-order valence-electron chi connectivity index (χ1n) is 7.41. The lowest BCUT2D eigenvalue weighted by molar-refractivity contribution is 0.122. The normalized spacial score (nSPS) is 15.3. The van der Waals surface area contributed by atoms with E-state index in [4.69, 9.17) is 4.74 Å². The number of benzene rings is 1. The predicted molar refractivity (Wildman–Crippen MR) is 87.0 cm³/mol. The van der Waals surface area contributed by atoms with Crippen LogP contribution in [0.25, 0.3) is 0 Å². The fourth-order valence-electron chi connectivity index (χ4n) is 2.45. The van der Waals surface area contributed by atoms with E-state index in [1.54, 1.807) is 12.1 Å². The Labute approximate surface area is 139 Å². The number of hydrogen-bond acceptors (Lipinski definition) is 6. The average molecular weight is 352 g/mol. The summed E-state index contributed by atoms with van der Waals surface area (Å²) in [5.41, 5.74) is 0.320. The molecular weight excluding hydrogens is 335 g/mol. The van der Waals surface area contributed by atoms with Gasteiger partial charge in [0.05, 0.1) is 18.1 Å². The lowest BCUT2D eigenvalue weighted by Gasteiger charge is -2.27. The lowest BCUT2D eigenvalue weighted by atomic mass is 10.2. The first-order valence-corrected chi connectivity index (χ1v) is 8.89. The number of aryl methyl sites for hydroxylation is 1. The van der Waals surface area contributed by atoms with Crippen molar-refractivity contribution in [3.05, 3.63) is 41.7 Å². The van der Waals surface area contributed by atoms with Gasteiger partial charge in [0.1, 0.15) is 5.82 Å². The first-order chi connectivity index (χ1) is 11.5. The highest BCUT2D eigenvalue weighted by molar-refractivity contribution is 7.92. The Balaban J connectivity index is 1.77.